The van der Waals surface area contributed by atoms with E-state index < -0.39 is 0 Å². The summed E-state index contributed by atoms with van der Waals surface area (Å²) in [6.45, 7) is 11.2. The van der Waals surface area contributed by atoms with Gasteiger partial charge < -0.3 is 4.74 Å². The van der Waals surface area contributed by atoms with Gasteiger partial charge in [0, 0.05) is 4.83 Å². The molecule has 0 N–H and O–H groups in total. The number of alkyl halides is 1. The molecule has 1 atom stereocenters. The van der Waals surface area contributed by atoms with Gasteiger partial charge in [-0.3, -0.25) is 0 Å². The third-order valence-electron chi connectivity index (χ3n) is 3.28. The van der Waals surface area contributed by atoms with Crippen molar-refractivity contribution in [2.75, 3.05) is 7.11 Å². The summed E-state index contributed by atoms with van der Waals surface area (Å²) < 4.78 is 5.47. The van der Waals surface area contributed by atoms with Crippen LogP contribution in [0.2, 0.25) is 0 Å². The quantitative estimate of drug-likeness (QED) is 0.714. The van der Waals surface area contributed by atoms with Crippen molar-refractivity contribution in [2.24, 2.45) is 5.92 Å². The van der Waals surface area contributed by atoms with E-state index in [9.17, 15) is 0 Å². The van der Waals surface area contributed by atoms with Gasteiger partial charge in [-0.2, -0.15) is 0 Å². The molecule has 0 aliphatic carbocycles. The number of hydrogen-bond acceptors (Lipinski definition) is 1. The molecule has 1 unspecified atom stereocenters. The van der Waals surface area contributed by atoms with E-state index in [4.69, 9.17) is 4.74 Å². The average molecular weight is 313 g/mol. The van der Waals surface area contributed by atoms with E-state index in [0.717, 1.165) is 12.2 Å². The van der Waals surface area contributed by atoms with Crippen LogP contribution in [0.1, 0.15) is 45.7 Å². The summed E-state index contributed by atoms with van der Waals surface area (Å²) in [5, 5.41) is 0. The molecule has 0 bridgehead atoms. The van der Waals surface area contributed by atoms with Gasteiger partial charge >= 0.3 is 0 Å². The summed E-state index contributed by atoms with van der Waals surface area (Å²) in [5.41, 5.74) is 2.84. The summed E-state index contributed by atoms with van der Waals surface area (Å²) in [6, 6.07) is 6.55. The smallest absolute Gasteiger partial charge is 0.122 e. The highest BCUT2D eigenvalue weighted by atomic mass is 79.9. The minimum atomic E-state index is 0.181. The van der Waals surface area contributed by atoms with Crippen molar-refractivity contribution in [1.29, 1.82) is 0 Å². The second-order valence-corrected chi connectivity index (χ2v) is 7.42. The Morgan fingerprint density at radius 3 is 2.28 bits per heavy atom. The summed E-state index contributed by atoms with van der Waals surface area (Å²) >= 11 is 3.76. The zero-order valence-electron chi connectivity index (χ0n) is 12.4. The molecular weight excluding hydrogens is 288 g/mol. The van der Waals surface area contributed by atoms with Crippen LogP contribution in [-0.2, 0) is 11.8 Å². The second-order valence-electron chi connectivity index (χ2n) is 6.24. The van der Waals surface area contributed by atoms with Gasteiger partial charge in [0.2, 0.25) is 0 Å². The van der Waals surface area contributed by atoms with Crippen molar-refractivity contribution in [3.8, 4) is 5.75 Å². The molecule has 18 heavy (non-hydrogen) atoms. The highest BCUT2D eigenvalue weighted by Gasteiger charge is 2.18. The topological polar surface area (TPSA) is 9.23 Å². The number of rotatable bonds is 4. The van der Waals surface area contributed by atoms with Crippen LogP contribution in [0.25, 0.3) is 0 Å². The lowest BCUT2D eigenvalue weighted by atomic mass is 9.85. The lowest BCUT2D eigenvalue weighted by Crippen LogP contribution is -2.14. The molecular formula is C16H25BrO. The number of ether oxygens (including phenoxy) is 1. The molecule has 0 spiro atoms. The zero-order valence-corrected chi connectivity index (χ0v) is 14.0. The molecule has 0 radical (unpaired) electrons. The van der Waals surface area contributed by atoms with Crippen molar-refractivity contribution in [1.82, 2.24) is 0 Å². The Kier molecular flexibility index (Phi) is 5.27. The van der Waals surface area contributed by atoms with Crippen LogP contribution in [0.5, 0.6) is 5.75 Å². The number of benzene rings is 1. The fourth-order valence-corrected chi connectivity index (χ4v) is 2.20. The highest BCUT2D eigenvalue weighted by Crippen LogP contribution is 2.30. The van der Waals surface area contributed by atoms with Crippen LogP contribution in [-0.4, -0.2) is 11.9 Å². The zero-order chi connectivity index (χ0) is 13.9. The van der Waals surface area contributed by atoms with Gasteiger partial charge in [0.15, 0.2) is 0 Å². The van der Waals surface area contributed by atoms with E-state index in [2.05, 4.69) is 68.7 Å². The minimum Gasteiger partial charge on any atom is -0.496 e. The predicted molar refractivity (Wildman–Crippen MR) is 83.0 cm³/mol. The summed E-state index contributed by atoms with van der Waals surface area (Å²) in [6.07, 6.45) is 1.00. The van der Waals surface area contributed by atoms with Crippen molar-refractivity contribution in [2.45, 2.75) is 51.3 Å². The predicted octanol–water partition coefficient (Wildman–Crippen LogP) is 4.95. The summed E-state index contributed by atoms with van der Waals surface area (Å²) in [4.78, 5) is 0.488. The van der Waals surface area contributed by atoms with Gasteiger partial charge in [-0.1, -0.05) is 62.7 Å². The maximum absolute atomic E-state index is 5.47. The van der Waals surface area contributed by atoms with Gasteiger partial charge in [-0.15, -0.1) is 0 Å². The Bertz CT molecular complexity index is 391. The van der Waals surface area contributed by atoms with Crippen LogP contribution in [0, 0.1) is 5.92 Å². The molecule has 0 saturated heterocycles. The fourth-order valence-electron chi connectivity index (χ4n) is 1.85. The number of hydrogen-bond donors (Lipinski definition) is 0. The lowest BCUT2D eigenvalue weighted by Gasteiger charge is -2.22. The highest BCUT2D eigenvalue weighted by molar-refractivity contribution is 9.09. The Hall–Kier alpha value is -0.500. The largest absolute Gasteiger partial charge is 0.496 e. The molecule has 0 aliphatic rings. The van der Waals surface area contributed by atoms with E-state index >= 15 is 0 Å². The normalized spacial score (nSPS) is 13.8. The Labute approximate surface area is 120 Å². The van der Waals surface area contributed by atoms with E-state index in [0.29, 0.717) is 10.7 Å². The van der Waals surface area contributed by atoms with Gasteiger partial charge in [0.1, 0.15) is 5.75 Å². The molecule has 0 amide bonds. The van der Waals surface area contributed by atoms with Crippen LogP contribution in [0.15, 0.2) is 18.2 Å². The first-order valence-corrected chi connectivity index (χ1v) is 7.48. The van der Waals surface area contributed by atoms with Crippen molar-refractivity contribution in [3.63, 3.8) is 0 Å². The first-order valence-electron chi connectivity index (χ1n) is 6.57. The minimum absolute atomic E-state index is 0.181. The SMILES string of the molecule is COc1ccc(C(C)(C)C)cc1CC(Br)C(C)C. The number of methoxy groups -OCH3 is 1. The maximum Gasteiger partial charge on any atom is 0.122 e. The van der Waals surface area contributed by atoms with Gasteiger partial charge in [-0.05, 0) is 34.9 Å². The molecule has 2 heteroatoms. The molecule has 1 rings (SSSR count). The lowest BCUT2D eigenvalue weighted by molar-refractivity contribution is 0.407. The van der Waals surface area contributed by atoms with Gasteiger partial charge in [0.05, 0.1) is 7.11 Å². The summed E-state index contributed by atoms with van der Waals surface area (Å²) in [7, 11) is 1.74. The third kappa shape index (κ3) is 4.01. The molecule has 0 fully saturated rings. The molecule has 0 saturated carbocycles. The first kappa shape index (κ1) is 15.6. The molecule has 0 aromatic heterocycles. The fraction of sp³-hybridized carbons (Fsp3) is 0.625. The summed E-state index contributed by atoms with van der Waals surface area (Å²) in [5.74, 6) is 1.61. The van der Waals surface area contributed by atoms with Crippen LogP contribution in [0.3, 0.4) is 0 Å². The Morgan fingerprint density at radius 2 is 1.83 bits per heavy atom. The van der Waals surface area contributed by atoms with Gasteiger partial charge in [-0.25, -0.2) is 0 Å². The van der Waals surface area contributed by atoms with Crippen LogP contribution in [0.4, 0.5) is 0 Å². The van der Waals surface area contributed by atoms with E-state index in [1.165, 1.54) is 11.1 Å². The molecule has 0 aliphatic heterocycles. The van der Waals surface area contributed by atoms with Crippen molar-refractivity contribution < 1.29 is 4.74 Å². The third-order valence-corrected chi connectivity index (χ3v) is 4.67. The monoisotopic (exact) mass is 312 g/mol. The standard InChI is InChI=1S/C16H25BrO/c1-11(2)14(17)10-12-9-13(16(3,4)5)7-8-15(12)18-6/h7-9,11,14H,10H2,1-6H3. The number of halogens is 1. The van der Waals surface area contributed by atoms with E-state index in [1.54, 1.807) is 7.11 Å². The second kappa shape index (κ2) is 6.10. The molecule has 1 nitrogen and oxygen atoms in total. The molecule has 102 valence electrons. The van der Waals surface area contributed by atoms with Crippen LogP contribution >= 0.6 is 15.9 Å². The molecule has 1 aromatic carbocycles. The Balaban J connectivity index is 3.07. The average Bonchev–Trinajstić information content (AvgIpc) is 2.27. The van der Waals surface area contributed by atoms with E-state index in [1.807, 2.05) is 0 Å². The Morgan fingerprint density at radius 1 is 1.22 bits per heavy atom. The van der Waals surface area contributed by atoms with Gasteiger partial charge in [0.25, 0.3) is 0 Å². The van der Waals surface area contributed by atoms with Crippen molar-refractivity contribution >= 4 is 15.9 Å². The van der Waals surface area contributed by atoms with E-state index in [-0.39, 0.29) is 5.41 Å². The molecule has 1 aromatic rings. The van der Waals surface area contributed by atoms with Crippen LogP contribution < -0.4 is 4.74 Å². The first-order chi connectivity index (χ1) is 8.25. The van der Waals surface area contributed by atoms with Crippen molar-refractivity contribution in [3.05, 3.63) is 29.3 Å². The molecule has 0 heterocycles. The maximum atomic E-state index is 5.47.